The Morgan fingerprint density at radius 1 is 1.38 bits per heavy atom. The normalized spacial score (nSPS) is 21.1. The van der Waals surface area contributed by atoms with Crippen LogP contribution in [0.15, 0.2) is 0 Å². The molecule has 0 atom stereocenters. The number of alkyl halides is 2. The molecule has 1 aliphatic rings. The third kappa shape index (κ3) is 5.18. The van der Waals surface area contributed by atoms with Crippen molar-refractivity contribution in [2.75, 3.05) is 35.5 Å². The van der Waals surface area contributed by atoms with Gasteiger partial charge in [-0.1, -0.05) is 0 Å². The number of halogens is 1. The van der Waals surface area contributed by atoms with E-state index in [2.05, 4.69) is 24.2 Å². The Morgan fingerprint density at radius 2 is 2.08 bits per heavy atom. The topological polar surface area (TPSA) is 15.3 Å². The van der Waals surface area contributed by atoms with Gasteiger partial charge in [-0.05, 0) is 0 Å². The molecule has 0 unspecified atom stereocenters. The van der Waals surface area contributed by atoms with Gasteiger partial charge in [-0.3, -0.25) is 0 Å². The van der Waals surface area contributed by atoms with Crippen LogP contribution < -0.4 is 26.5 Å². The van der Waals surface area contributed by atoms with E-state index in [4.69, 9.17) is 0 Å². The van der Waals surface area contributed by atoms with Crippen molar-refractivity contribution in [3.63, 3.8) is 0 Å². The molecule has 1 heterocycles. The van der Waals surface area contributed by atoms with Crippen LogP contribution in [0.3, 0.4) is 0 Å². The van der Waals surface area contributed by atoms with Gasteiger partial charge in [0, 0.05) is 0 Å². The monoisotopic (exact) mass is 297 g/mol. The average Bonchev–Trinajstić information content (AvgIpc) is 2.15. The molecular weight excluding hydrogens is 275 g/mol. The average molecular weight is 297 g/mol. The Morgan fingerprint density at radius 3 is 2.69 bits per heavy atom. The zero-order chi connectivity index (χ0) is 9.52. The van der Waals surface area contributed by atoms with E-state index in [0.29, 0.717) is 21.2 Å². The van der Waals surface area contributed by atoms with Gasteiger partial charge in [-0.2, -0.15) is 0 Å². The summed E-state index contributed by atoms with van der Waals surface area (Å²) in [5.41, 5.74) is 0. The Labute approximate surface area is 92.7 Å². The van der Waals surface area contributed by atoms with Crippen LogP contribution in [0.2, 0.25) is 0 Å². The molecule has 1 N–H and O–H groups in total. The van der Waals surface area contributed by atoms with E-state index in [1.54, 1.807) is 0 Å². The van der Waals surface area contributed by atoms with Crippen LogP contribution in [0.25, 0.3) is 0 Å². The first-order valence-electron chi connectivity index (χ1n) is 5.28. The van der Waals surface area contributed by atoms with Crippen LogP contribution in [0.4, 0.5) is 0 Å². The maximum absolute atomic E-state index is 3.68. The molecule has 0 saturated carbocycles. The van der Waals surface area contributed by atoms with Crippen molar-refractivity contribution < 1.29 is 21.2 Å². The molecule has 80 valence electrons. The standard InChI is InChI=1S/C10H22IN2/c1-3-11-6-7-12-10-4-8-13(2)9-5-10/h10,12H,3-9H2,1-2H3/q-1. The van der Waals surface area contributed by atoms with Crippen LogP contribution >= 0.6 is 0 Å². The van der Waals surface area contributed by atoms with E-state index < -0.39 is 0 Å². The van der Waals surface area contributed by atoms with Gasteiger partial charge in [-0.25, -0.2) is 0 Å². The molecule has 2 nitrogen and oxygen atoms in total. The zero-order valence-corrected chi connectivity index (χ0v) is 11.0. The summed E-state index contributed by atoms with van der Waals surface area (Å²) in [6.45, 7) is 6.14. The van der Waals surface area contributed by atoms with Gasteiger partial charge in [0.25, 0.3) is 0 Å². The van der Waals surface area contributed by atoms with Gasteiger partial charge < -0.3 is 0 Å². The Kier molecular flexibility index (Phi) is 6.32. The summed E-state index contributed by atoms with van der Waals surface area (Å²) in [4.78, 5) is 2.43. The Bertz CT molecular complexity index is 122. The van der Waals surface area contributed by atoms with Crippen molar-refractivity contribution in [3.8, 4) is 0 Å². The van der Waals surface area contributed by atoms with Gasteiger partial charge in [0.1, 0.15) is 0 Å². The number of piperidine rings is 1. The molecule has 1 saturated heterocycles. The first-order chi connectivity index (χ1) is 6.33. The second-order valence-electron chi connectivity index (χ2n) is 3.68. The molecule has 0 amide bonds. The molecule has 0 spiro atoms. The summed E-state index contributed by atoms with van der Waals surface area (Å²) in [5.74, 6) is 0. The molecule has 1 fully saturated rings. The molecule has 0 aromatic rings. The third-order valence-electron chi connectivity index (χ3n) is 2.57. The van der Waals surface area contributed by atoms with E-state index >= 15 is 0 Å². The predicted octanol–water partition coefficient (Wildman–Crippen LogP) is -2.22. The molecule has 0 radical (unpaired) electrons. The number of likely N-dealkylation sites (tertiary alicyclic amines) is 1. The third-order valence-corrected chi connectivity index (χ3v) is 4.95. The van der Waals surface area contributed by atoms with Gasteiger partial charge in [-0.15, -0.1) is 0 Å². The number of rotatable bonds is 5. The SMILES string of the molecule is CC[I-]CCNC1CCN(C)CC1. The summed E-state index contributed by atoms with van der Waals surface area (Å²) in [5, 5.41) is 3.68. The summed E-state index contributed by atoms with van der Waals surface area (Å²) < 4.78 is 2.90. The van der Waals surface area contributed by atoms with Crippen LogP contribution in [0, 0.1) is 0 Å². The van der Waals surface area contributed by atoms with Crippen molar-refractivity contribution >= 4 is 0 Å². The van der Waals surface area contributed by atoms with Crippen LogP contribution in [0.5, 0.6) is 0 Å². The number of hydrogen-bond donors (Lipinski definition) is 1. The fourth-order valence-corrected chi connectivity index (χ4v) is 3.13. The second kappa shape index (κ2) is 7.01. The van der Waals surface area contributed by atoms with Crippen molar-refractivity contribution in [1.82, 2.24) is 10.2 Å². The van der Waals surface area contributed by atoms with Gasteiger partial charge >= 0.3 is 92.8 Å². The molecule has 3 heteroatoms. The second-order valence-corrected chi connectivity index (χ2v) is 7.36. The molecular formula is C10H22IN2-. The van der Waals surface area contributed by atoms with E-state index in [1.165, 1.54) is 41.3 Å². The molecule has 0 aliphatic carbocycles. The first kappa shape index (κ1) is 11.7. The zero-order valence-electron chi connectivity index (χ0n) is 8.85. The molecule has 0 bridgehead atoms. The minimum absolute atomic E-state index is 0.517. The minimum atomic E-state index is 0.517. The Balaban J connectivity index is 1.96. The number of nitrogens with zero attached hydrogens (tertiary/aromatic N) is 1. The summed E-state index contributed by atoms with van der Waals surface area (Å²) >= 11 is 0.517. The van der Waals surface area contributed by atoms with Crippen molar-refractivity contribution in [1.29, 1.82) is 0 Å². The van der Waals surface area contributed by atoms with Crippen molar-refractivity contribution in [2.45, 2.75) is 25.8 Å². The van der Waals surface area contributed by atoms with Gasteiger partial charge in [0.2, 0.25) is 0 Å². The first-order valence-corrected chi connectivity index (χ1v) is 8.33. The van der Waals surface area contributed by atoms with Crippen molar-refractivity contribution in [2.24, 2.45) is 0 Å². The molecule has 0 aromatic carbocycles. The van der Waals surface area contributed by atoms with Gasteiger partial charge in [0.15, 0.2) is 0 Å². The predicted molar refractivity (Wildman–Crippen MR) is 53.9 cm³/mol. The van der Waals surface area contributed by atoms with Crippen LogP contribution in [-0.4, -0.2) is 46.5 Å². The van der Waals surface area contributed by atoms with E-state index in [0.717, 1.165) is 6.04 Å². The van der Waals surface area contributed by atoms with Crippen molar-refractivity contribution in [3.05, 3.63) is 0 Å². The number of hydrogen-bond acceptors (Lipinski definition) is 2. The Hall–Kier alpha value is 0.650. The fourth-order valence-electron chi connectivity index (χ4n) is 1.67. The van der Waals surface area contributed by atoms with E-state index in [-0.39, 0.29) is 0 Å². The molecule has 13 heavy (non-hydrogen) atoms. The maximum atomic E-state index is 3.68. The van der Waals surface area contributed by atoms with Crippen LogP contribution in [-0.2, 0) is 0 Å². The van der Waals surface area contributed by atoms with E-state index in [1.807, 2.05) is 0 Å². The van der Waals surface area contributed by atoms with E-state index in [9.17, 15) is 0 Å². The summed E-state index contributed by atoms with van der Waals surface area (Å²) in [7, 11) is 2.22. The number of nitrogens with one attached hydrogen (secondary N) is 1. The molecule has 1 aliphatic heterocycles. The van der Waals surface area contributed by atoms with Crippen LogP contribution in [0.1, 0.15) is 19.8 Å². The summed E-state index contributed by atoms with van der Waals surface area (Å²) in [6.07, 6.45) is 2.70. The molecule has 0 aromatic heterocycles. The fraction of sp³-hybridized carbons (Fsp3) is 1.00. The summed E-state index contributed by atoms with van der Waals surface area (Å²) in [6, 6.07) is 0.817. The quantitative estimate of drug-likeness (QED) is 0.351. The van der Waals surface area contributed by atoms with Gasteiger partial charge in [0.05, 0.1) is 0 Å². The molecule has 1 rings (SSSR count).